The van der Waals surface area contributed by atoms with Gasteiger partial charge in [-0.3, -0.25) is 4.79 Å². The molecule has 0 heterocycles. The molecule has 0 radical (unpaired) electrons. The van der Waals surface area contributed by atoms with E-state index in [9.17, 15) is 15.0 Å². The molecule has 2 aliphatic rings. The van der Waals surface area contributed by atoms with Gasteiger partial charge in [0.1, 0.15) is 0 Å². The molecule has 2 aliphatic carbocycles. The van der Waals surface area contributed by atoms with Crippen molar-refractivity contribution in [1.29, 1.82) is 0 Å². The minimum absolute atomic E-state index is 0.219. The van der Waals surface area contributed by atoms with Crippen LogP contribution in [0.4, 0.5) is 0 Å². The van der Waals surface area contributed by atoms with Crippen molar-refractivity contribution in [2.75, 3.05) is 0 Å². The number of aliphatic hydroxyl groups is 2. The van der Waals surface area contributed by atoms with Crippen molar-refractivity contribution < 1.29 is 20.1 Å². The Morgan fingerprint density at radius 3 is 2.73 bits per heavy atom. The largest absolute Gasteiger partial charge is 0.481 e. The van der Waals surface area contributed by atoms with E-state index in [0.717, 1.165) is 57.8 Å². The van der Waals surface area contributed by atoms with Crippen LogP contribution in [0.1, 0.15) is 84.5 Å². The topological polar surface area (TPSA) is 77.8 Å². The van der Waals surface area contributed by atoms with Gasteiger partial charge in [0, 0.05) is 6.42 Å². The van der Waals surface area contributed by atoms with E-state index in [-0.39, 0.29) is 24.5 Å². The predicted molar refractivity (Wildman–Crippen MR) is 124 cm³/mol. The van der Waals surface area contributed by atoms with Gasteiger partial charge in [0.15, 0.2) is 0 Å². The van der Waals surface area contributed by atoms with Gasteiger partial charge in [-0.1, -0.05) is 62.0 Å². The molecule has 0 aliphatic heterocycles. The van der Waals surface area contributed by atoms with Crippen LogP contribution in [0.3, 0.4) is 0 Å². The van der Waals surface area contributed by atoms with E-state index in [1.54, 1.807) is 0 Å². The summed E-state index contributed by atoms with van der Waals surface area (Å²) < 4.78 is 0. The molecule has 2 unspecified atom stereocenters. The summed E-state index contributed by atoms with van der Waals surface area (Å²) in [4.78, 5) is 10.5. The molecule has 4 nitrogen and oxygen atoms in total. The smallest absolute Gasteiger partial charge is 0.303 e. The highest BCUT2D eigenvalue weighted by atomic mass is 16.4. The first kappa shape index (κ1) is 26.4. The fraction of sp³-hybridized carbons (Fsp3) is 0.654. The number of unbranched alkanes of at least 4 members (excludes halogenated alkanes) is 1. The van der Waals surface area contributed by atoms with Crippen LogP contribution in [0.15, 0.2) is 48.1 Å². The van der Waals surface area contributed by atoms with Crippen LogP contribution in [0.25, 0.3) is 0 Å². The van der Waals surface area contributed by atoms with Crippen LogP contribution >= 0.6 is 0 Å². The molecule has 30 heavy (non-hydrogen) atoms. The lowest BCUT2D eigenvalue weighted by atomic mass is 9.86. The van der Waals surface area contributed by atoms with E-state index in [2.05, 4.69) is 36.5 Å². The van der Waals surface area contributed by atoms with Gasteiger partial charge in [-0.15, -0.1) is 0 Å². The molecular weight excluding hydrogens is 376 g/mol. The first-order chi connectivity index (χ1) is 14.6. The van der Waals surface area contributed by atoms with Crippen LogP contribution in [-0.4, -0.2) is 33.5 Å². The number of hydrogen-bond acceptors (Lipinski definition) is 3. The van der Waals surface area contributed by atoms with Gasteiger partial charge in [0.05, 0.1) is 12.2 Å². The third kappa shape index (κ3) is 10.9. The lowest BCUT2D eigenvalue weighted by Gasteiger charge is -2.22. The maximum absolute atomic E-state index is 10.5. The van der Waals surface area contributed by atoms with Crippen molar-refractivity contribution in [3.05, 3.63) is 48.1 Å². The molecule has 170 valence electrons. The van der Waals surface area contributed by atoms with Gasteiger partial charge in [0.2, 0.25) is 0 Å². The van der Waals surface area contributed by atoms with Crippen molar-refractivity contribution in [1.82, 2.24) is 0 Å². The summed E-state index contributed by atoms with van der Waals surface area (Å²) in [7, 11) is 0. The normalized spacial score (nSPS) is 24.3. The van der Waals surface area contributed by atoms with Gasteiger partial charge < -0.3 is 15.3 Å². The van der Waals surface area contributed by atoms with Gasteiger partial charge in [-0.25, -0.2) is 0 Å². The van der Waals surface area contributed by atoms with Crippen molar-refractivity contribution in [2.24, 2.45) is 11.8 Å². The van der Waals surface area contributed by atoms with E-state index in [0.29, 0.717) is 12.3 Å². The third-order valence-corrected chi connectivity index (χ3v) is 6.00. The number of carbonyl (C=O) groups is 1. The average molecular weight is 419 g/mol. The minimum Gasteiger partial charge on any atom is -0.481 e. The second-order valence-corrected chi connectivity index (χ2v) is 8.17. The van der Waals surface area contributed by atoms with Crippen molar-refractivity contribution >= 4 is 5.97 Å². The van der Waals surface area contributed by atoms with Gasteiger partial charge in [-0.2, -0.15) is 0 Å². The van der Waals surface area contributed by atoms with Crippen LogP contribution < -0.4 is 0 Å². The lowest BCUT2D eigenvalue weighted by Crippen LogP contribution is -2.21. The molecule has 0 aromatic heterocycles. The van der Waals surface area contributed by atoms with E-state index < -0.39 is 5.97 Å². The zero-order valence-corrected chi connectivity index (χ0v) is 18.9. The van der Waals surface area contributed by atoms with Crippen molar-refractivity contribution in [3.63, 3.8) is 0 Å². The molecule has 0 amide bonds. The highest BCUT2D eigenvalue weighted by molar-refractivity contribution is 5.66. The number of carboxylic acids is 1. The Balaban J connectivity index is 0.00000218. The molecule has 0 aromatic rings. The fourth-order valence-electron chi connectivity index (χ4n) is 4.30. The Morgan fingerprint density at radius 1 is 1.17 bits per heavy atom. The van der Waals surface area contributed by atoms with E-state index >= 15 is 0 Å². The fourth-order valence-corrected chi connectivity index (χ4v) is 4.30. The molecule has 2 rings (SSSR count). The number of aliphatic hydroxyl groups excluding tert-OH is 2. The number of allylic oxidation sites excluding steroid dienone is 8. The summed E-state index contributed by atoms with van der Waals surface area (Å²) in [5.41, 5.74) is 1.36. The highest BCUT2D eigenvalue weighted by Gasteiger charge is 2.33. The van der Waals surface area contributed by atoms with E-state index in [1.807, 2.05) is 19.9 Å². The number of rotatable bonds is 12. The number of aliphatic carboxylic acids is 1. The zero-order valence-electron chi connectivity index (χ0n) is 18.9. The Kier molecular flexibility index (Phi) is 14.2. The van der Waals surface area contributed by atoms with Crippen molar-refractivity contribution in [2.45, 2.75) is 96.7 Å². The Labute approximate surface area is 183 Å². The summed E-state index contributed by atoms with van der Waals surface area (Å²) >= 11 is 0. The lowest BCUT2D eigenvalue weighted by molar-refractivity contribution is -0.137. The summed E-state index contributed by atoms with van der Waals surface area (Å²) in [5, 5.41) is 29.4. The Morgan fingerprint density at radius 2 is 1.97 bits per heavy atom. The van der Waals surface area contributed by atoms with Gasteiger partial charge in [-0.05, 0) is 76.0 Å². The second kappa shape index (κ2) is 16.1. The minimum atomic E-state index is -0.741. The molecule has 4 heteroatoms. The molecule has 0 bridgehead atoms. The summed E-state index contributed by atoms with van der Waals surface area (Å²) in [5.74, 6) is -0.00625. The van der Waals surface area contributed by atoms with Crippen LogP contribution in [0, 0.1) is 11.8 Å². The first-order valence-corrected chi connectivity index (χ1v) is 11.8. The molecule has 4 atom stereocenters. The third-order valence-electron chi connectivity index (χ3n) is 6.00. The number of hydrogen-bond donors (Lipinski definition) is 3. The summed E-state index contributed by atoms with van der Waals surface area (Å²) in [6.45, 7) is 4.00. The average Bonchev–Trinajstić information content (AvgIpc) is 2.93. The SMILES string of the molecule is CC.O=C(O)CCC/C=C\C[C@H]1CCC(O)C1CC[C@@H](O)CCC1=CC=CC=CC1. The Hall–Kier alpha value is -1.65. The Bertz CT molecular complexity index is 588. The van der Waals surface area contributed by atoms with Crippen LogP contribution in [0.2, 0.25) is 0 Å². The van der Waals surface area contributed by atoms with Crippen molar-refractivity contribution in [3.8, 4) is 0 Å². The maximum atomic E-state index is 10.5. The first-order valence-electron chi connectivity index (χ1n) is 11.8. The molecule has 0 aromatic carbocycles. The summed E-state index contributed by atoms with van der Waals surface area (Å²) in [6, 6.07) is 0. The monoisotopic (exact) mass is 418 g/mol. The van der Waals surface area contributed by atoms with Crippen LogP contribution in [-0.2, 0) is 4.79 Å². The molecule has 1 saturated carbocycles. The molecule has 0 spiro atoms. The molecule has 1 fully saturated rings. The second-order valence-electron chi connectivity index (χ2n) is 8.17. The maximum Gasteiger partial charge on any atom is 0.303 e. The van der Waals surface area contributed by atoms with Gasteiger partial charge >= 0.3 is 5.97 Å². The summed E-state index contributed by atoms with van der Waals surface area (Å²) in [6.07, 6.45) is 22.9. The quantitative estimate of drug-likeness (QED) is 0.270. The zero-order chi connectivity index (χ0) is 22.2. The predicted octanol–water partition coefficient (Wildman–Crippen LogP) is 5.96. The van der Waals surface area contributed by atoms with E-state index in [1.165, 1.54) is 5.57 Å². The highest BCUT2D eigenvalue weighted by Crippen LogP contribution is 2.38. The van der Waals surface area contributed by atoms with Crippen LogP contribution in [0.5, 0.6) is 0 Å². The molecular formula is C26H42O4. The van der Waals surface area contributed by atoms with E-state index in [4.69, 9.17) is 5.11 Å². The molecule has 0 saturated heterocycles. The van der Waals surface area contributed by atoms with Gasteiger partial charge in [0.25, 0.3) is 0 Å². The molecule has 3 N–H and O–H groups in total. The standard InChI is InChI=1S/C24H36O4.C2H6/c25-21(15-13-19-9-5-1-2-6-10-19)16-17-22-20(14-18-23(22)26)11-7-3-4-8-12-24(27)28;1-2/h1-3,5-7,9,20-23,25-26H,4,8,10-18H2,(H,27,28);1-2H3/b7-3-;/t20-,21-,22?,23?;/m0./s1. The number of carboxylic acid groups (broad SMARTS) is 1.